The Morgan fingerprint density at radius 1 is 1.47 bits per heavy atom. The topological polar surface area (TPSA) is 29.3 Å². The molecule has 3 heteroatoms. The molecule has 2 nitrogen and oxygen atoms in total. The molecule has 1 aliphatic rings. The Morgan fingerprint density at radius 3 is 2.93 bits per heavy atom. The predicted molar refractivity (Wildman–Crippen MR) is 69.7 cm³/mol. The average molecular weight is 222 g/mol. The van der Waals surface area contributed by atoms with Crippen LogP contribution in [-0.2, 0) is 0 Å². The fourth-order valence-electron chi connectivity index (χ4n) is 1.92. The van der Waals surface area contributed by atoms with Crippen molar-refractivity contribution in [3.05, 3.63) is 23.8 Å². The summed E-state index contributed by atoms with van der Waals surface area (Å²) < 4.78 is 0. The molecule has 0 bridgehead atoms. The zero-order chi connectivity index (χ0) is 10.8. The Hall–Kier alpha value is -0.830. The molecule has 82 valence electrons. The van der Waals surface area contributed by atoms with Gasteiger partial charge in [-0.05, 0) is 31.5 Å². The second kappa shape index (κ2) is 4.35. The lowest BCUT2D eigenvalue weighted by atomic mass is 10.1. The van der Waals surface area contributed by atoms with Gasteiger partial charge in [0.25, 0.3) is 0 Å². The van der Waals surface area contributed by atoms with Crippen LogP contribution in [0.2, 0.25) is 0 Å². The lowest BCUT2D eigenvalue weighted by molar-refractivity contribution is 0.700. The molecule has 0 spiro atoms. The number of nitrogens with two attached hydrogens (primary N) is 1. The minimum Gasteiger partial charge on any atom is -0.398 e. The number of nitrogen functional groups attached to an aromatic ring is 1. The number of thioether (sulfide) groups is 1. The van der Waals surface area contributed by atoms with Crippen molar-refractivity contribution in [2.45, 2.75) is 19.9 Å². The van der Waals surface area contributed by atoms with Crippen LogP contribution in [0.15, 0.2) is 18.2 Å². The van der Waals surface area contributed by atoms with E-state index in [1.54, 1.807) is 0 Å². The summed E-state index contributed by atoms with van der Waals surface area (Å²) >= 11 is 2.04. The van der Waals surface area contributed by atoms with Crippen LogP contribution >= 0.6 is 11.8 Å². The molecule has 1 aromatic carbocycles. The summed E-state index contributed by atoms with van der Waals surface area (Å²) in [6.07, 6.45) is 0. The number of nitrogens with zero attached hydrogens (tertiary/aromatic N) is 1. The first-order chi connectivity index (χ1) is 7.18. The first-order valence-corrected chi connectivity index (χ1v) is 6.54. The van der Waals surface area contributed by atoms with E-state index in [0.29, 0.717) is 6.04 Å². The van der Waals surface area contributed by atoms with Gasteiger partial charge in [0, 0.05) is 35.5 Å². The van der Waals surface area contributed by atoms with Crippen molar-refractivity contribution in [1.29, 1.82) is 0 Å². The molecule has 1 saturated heterocycles. The van der Waals surface area contributed by atoms with Crippen molar-refractivity contribution in [1.82, 2.24) is 0 Å². The van der Waals surface area contributed by atoms with Crippen LogP contribution in [-0.4, -0.2) is 24.1 Å². The molecule has 0 amide bonds. The van der Waals surface area contributed by atoms with Gasteiger partial charge in [0.15, 0.2) is 0 Å². The molecule has 1 aromatic rings. The lowest BCUT2D eigenvalue weighted by Gasteiger charge is -2.35. The van der Waals surface area contributed by atoms with Crippen LogP contribution in [0.5, 0.6) is 0 Å². The summed E-state index contributed by atoms with van der Waals surface area (Å²) in [5.41, 5.74) is 9.28. The van der Waals surface area contributed by atoms with Gasteiger partial charge in [0.1, 0.15) is 0 Å². The smallest absolute Gasteiger partial charge is 0.0390 e. The molecule has 2 rings (SSSR count). The summed E-state index contributed by atoms with van der Waals surface area (Å²) in [6, 6.07) is 7.00. The van der Waals surface area contributed by atoms with E-state index in [2.05, 4.69) is 36.9 Å². The molecule has 1 fully saturated rings. The second-order valence-electron chi connectivity index (χ2n) is 4.16. The first-order valence-electron chi connectivity index (χ1n) is 5.39. The van der Waals surface area contributed by atoms with Crippen molar-refractivity contribution in [2.24, 2.45) is 0 Å². The maximum Gasteiger partial charge on any atom is 0.0390 e. The SMILES string of the molecule is Cc1ccc(N2CCSCC2C)cc1N. The zero-order valence-corrected chi connectivity index (χ0v) is 10.2. The van der Waals surface area contributed by atoms with Crippen LogP contribution in [0.25, 0.3) is 0 Å². The van der Waals surface area contributed by atoms with E-state index in [-0.39, 0.29) is 0 Å². The number of anilines is 2. The summed E-state index contributed by atoms with van der Waals surface area (Å²) in [5.74, 6) is 2.44. The summed E-state index contributed by atoms with van der Waals surface area (Å²) in [7, 11) is 0. The van der Waals surface area contributed by atoms with Gasteiger partial charge in [-0.25, -0.2) is 0 Å². The van der Waals surface area contributed by atoms with Crippen LogP contribution in [0.4, 0.5) is 11.4 Å². The van der Waals surface area contributed by atoms with E-state index in [4.69, 9.17) is 5.73 Å². The third kappa shape index (κ3) is 2.23. The van der Waals surface area contributed by atoms with Crippen LogP contribution in [0.3, 0.4) is 0 Å². The molecule has 15 heavy (non-hydrogen) atoms. The van der Waals surface area contributed by atoms with E-state index in [9.17, 15) is 0 Å². The monoisotopic (exact) mass is 222 g/mol. The highest BCUT2D eigenvalue weighted by molar-refractivity contribution is 7.99. The summed E-state index contributed by atoms with van der Waals surface area (Å²) in [4.78, 5) is 2.45. The molecular weight excluding hydrogens is 204 g/mol. The molecule has 0 aliphatic carbocycles. The lowest BCUT2D eigenvalue weighted by Crippen LogP contribution is -2.40. The molecule has 0 aromatic heterocycles. The number of benzene rings is 1. The second-order valence-corrected chi connectivity index (χ2v) is 5.31. The molecular formula is C12H18N2S. The molecule has 0 saturated carbocycles. The van der Waals surface area contributed by atoms with Gasteiger partial charge in [0.05, 0.1) is 0 Å². The molecule has 2 N–H and O–H groups in total. The van der Waals surface area contributed by atoms with Gasteiger partial charge in [-0.2, -0.15) is 11.8 Å². The Morgan fingerprint density at radius 2 is 2.27 bits per heavy atom. The van der Waals surface area contributed by atoms with Gasteiger partial charge in [0.2, 0.25) is 0 Å². The standard InChI is InChI=1S/C12H18N2S/c1-9-3-4-11(7-12(9)13)14-5-6-15-8-10(14)2/h3-4,7,10H,5-6,8,13H2,1-2H3. The zero-order valence-electron chi connectivity index (χ0n) is 9.36. The number of rotatable bonds is 1. The summed E-state index contributed by atoms with van der Waals surface area (Å²) in [6.45, 7) is 5.46. The fraction of sp³-hybridized carbons (Fsp3) is 0.500. The maximum atomic E-state index is 5.94. The van der Waals surface area contributed by atoms with Crippen LogP contribution < -0.4 is 10.6 Å². The van der Waals surface area contributed by atoms with E-state index < -0.39 is 0 Å². The highest BCUT2D eigenvalue weighted by Crippen LogP contribution is 2.26. The molecule has 1 heterocycles. The highest BCUT2D eigenvalue weighted by atomic mass is 32.2. The Balaban J connectivity index is 2.24. The van der Waals surface area contributed by atoms with Crippen LogP contribution in [0.1, 0.15) is 12.5 Å². The number of hydrogen-bond acceptors (Lipinski definition) is 3. The molecule has 0 radical (unpaired) electrons. The minimum absolute atomic E-state index is 0.617. The first kappa shape index (κ1) is 10.7. The number of aryl methyl sites for hydroxylation is 1. The average Bonchev–Trinajstić information content (AvgIpc) is 2.23. The highest BCUT2D eigenvalue weighted by Gasteiger charge is 2.18. The van der Waals surface area contributed by atoms with E-state index >= 15 is 0 Å². The van der Waals surface area contributed by atoms with Gasteiger partial charge in [-0.1, -0.05) is 6.07 Å². The third-order valence-corrected chi connectivity index (χ3v) is 4.15. The van der Waals surface area contributed by atoms with Gasteiger partial charge in [-0.15, -0.1) is 0 Å². The maximum absolute atomic E-state index is 5.94. The van der Waals surface area contributed by atoms with Crippen LogP contribution in [0, 0.1) is 6.92 Å². The van der Waals surface area contributed by atoms with E-state index in [1.165, 1.54) is 17.2 Å². The van der Waals surface area contributed by atoms with Gasteiger partial charge >= 0.3 is 0 Å². The van der Waals surface area contributed by atoms with E-state index in [1.807, 2.05) is 11.8 Å². The third-order valence-electron chi connectivity index (χ3n) is 2.96. The Labute approximate surface area is 95.8 Å². The summed E-state index contributed by atoms with van der Waals surface area (Å²) in [5, 5.41) is 0. The molecule has 1 unspecified atom stereocenters. The Bertz CT molecular complexity index is 351. The van der Waals surface area contributed by atoms with Crippen molar-refractivity contribution in [3.63, 3.8) is 0 Å². The van der Waals surface area contributed by atoms with Crippen molar-refractivity contribution >= 4 is 23.1 Å². The van der Waals surface area contributed by atoms with Crippen molar-refractivity contribution in [3.8, 4) is 0 Å². The quantitative estimate of drug-likeness (QED) is 0.740. The Kier molecular flexibility index (Phi) is 3.10. The molecule has 1 atom stereocenters. The van der Waals surface area contributed by atoms with Gasteiger partial charge in [-0.3, -0.25) is 0 Å². The normalized spacial score (nSPS) is 21.7. The van der Waals surface area contributed by atoms with E-state index in [0.717, 1.165) is 17.8 Å². The predicted octanol–water partition coefficient (Wildman–Crippen LogP) is 2.52. The molecule has 1 aliphatic heterocycles. The number of hydrogen-bond donors (Lipinski definition) is 1. The minimum atomic E-state index is 0.617. The fourth-order valence-corrected chi connectivity index (χ4v) is 2.93. The van der Waals surface area contributed by atoms with Gasteiger partial charge < -0.3 is 10.6 Å². The van der Waals surface area contributed by atoms with Crippen molar-refractivity contribution < 1.29 is 0 Å². The van der Waals surface area contributed by atoms with Crippen molar-refractivity contribution in [2.75, 3.05) is 28.7 Å². The largest absolute Gasteiger partial charge is 0.398 e.